The van der Waals surface area contributed by atoms with Gasteiger partial charge >= 0.3 is 0 Å². The summed E-state index contributed by atoms with van der Waals surface area (Å²) in [6, 6.07) is 0. The Morgan fingerprint density at radius 2 is 0.682 bits per heavy atom. The first-order chi connectivity index (χ1) is 10.8. The van der Waals surface area contributed by atoms with Gasteiger partial charge in [0, 0.05) is 0 Å². The van der Waals surface area contributed by atoms with E-state index in [0.717, 1.165) is 35.5 Å². The van der Waals surface area contributed by atoms with Gasteiger partial charge in [-0.05, 0) is 61.2 Å². The van der Waals surface area contributed by atoms with Crippen LogP contribution in [0.4, 0.5) is 0 Å². The van der Waals surface area contributed by atoms with Gasteiger partial charge in [0.15, 0.2) is 0 Å². The van der Waals surface area contributed by atoms with E-state index in [2.05, 4.69) is 13.8 Å². The maximum Gasteiger partial charge on any atom is -0.0386 e. The molecule has 0 saturated heterocycles. The molecule has 0 aromatic rings. The highest BCUT2D eigenvalue weighted by Crippen LogP contribution is 2.45. The highest BCUT2D eigenvalue weighted by Gasteiger charge is 2.34. The van der Waals surface area contributed by atoms with E-state index < -0.39 is 0 Å². The Hall–Kier alpha value is 0. The highest BCUT2D eigenvalue weighted by atomic mass is 14.4. The van der Waals surface area contributed by atoms with Crippen molar-refractivity contribution >= 4 is 0 Å². The summed E-state index contributed by atoms with van der Waals surface area (Å²) >= 11 is 0. The van der Waals surface area contributed by atoms with Crippen molar-refractivity contribution in [1.29, 1.82) is 0 Å². The molecule has 0 N–H and O–H groups in total. The maximum absolute atomic E-state index is 2.60. The molecular weight excluding hydrogens is 264 g/mol. The van der Waals surface area contributed by atoms with Crippen LogP contribution in [0.5, 0.6) is 0 Å². The first-order valence-corrected chi connectivity index (χ1v) is 10.8. The third-order valence-electron chi connectivity index (χ3n) is 8.09. The Morgan fingerprint density at radius 1 is 0.409 bits per heavy atom. The SMILES string of the molecule is CC(C1CCCCC1)C1CCC(C(C)C2CCCCC2)CC1. The van der Waals surface area contributed by atoms with Crippen molar-refractivity contribution < 1.29 is 0 Å². The van der Waals surface area contributed by atoms with Crippen LogP contribution in [0, 0.1) is 35.5 Å². The second-order valence-electron chi connectivity index (χ2n) is 9.19. The quantitative estimate of drug-likeness (QED) is 0.514. The summed E-state index contributed by atoms with van der Waals surface area (Å²) < 4.78 is 0. The Labute approximate surface area is 139 Å². The number of rotatable bonds is 4. The molecule has 3 aliphatic carbocycles. The molecule has 3 fully saturated rings. The fraction of sp³-hybridized carbons (Fsp3) is 1.00. The summed E-state index contributed by atoms with van der Waals surface area (Å²) in [5.41, 5.74) is 0. The summed E-state index contributed by atoms with van der Waals surface area (Å²) in [5.74, 6) is 6.32. The van der Waals surface area contributed by atoms with Gasteiger partial charge in [0.05, 0.1) is 0 Å². The Morgan fingerprint density at radius 3 is 1.00 bits per heavy atom. The van der Waals surface area contributed by atoms with E-state index in [9.17, 15) is 0 Å². The summed E-state index contributed by atoms with van der Waals surface area (Å²) in [6.07, 6.45) is 21.5. The van der Waals surface area contributed by atoms with E-state index >= 15 is 0 Å². The molecule has 2 unspecified atom stereocenters. The van der Waals surface area contributed by atoms with Crippen molar-refractivity contribution in [3.8, 4) is 0 Å². The van der Waals surface area contributed by atoms with E-state index in [0.29, 0.717) is 0 Å². The number of hydrogen-bond acceptors (Lipinski definition) is 0. The zero-order valence-corrected chi connectivity index (χ0v) is 15.4. The third-order valence-corrected chi connectivity index (χ3v) is 8.09. The molecule has 22 heavy (non-hydrogen) atoms. The van der Waals surface area contributed by atoms with Crippen LogP contribution in [0.25, 0.3) is 0 Å². The highest BCUT2D eigenvalue weighted by molar-refractivity contribution is 4.85. The molecule has 3 saturated carbocycles. The van der Waals surface area contributed by atoms with Gasteiger partial charge in [-0.25, -0.2) is 0 Å². The van der Waals surface area contributed by atoms with Crippen LogP contribution in [0.1, 0.15) is 104 Å². The minimum absolute atomic E-state index is 1.02. The lowest BCUT2D eigenvalue weighted by atomic mass is 9.65. The topological polar surface area (TPSA) is 0 Å². The standard InChI is InChI=1S/C22H40/c1-17(19-9-5-3-6-10-19)21-13-15-22(16-14-21)18(2)20-11-7-4-8-12-20/h17-22H,3-16H2,1-2H3. The van der Waals surface area contributed by atoms with E-state index in [1.165, 1.54) is 38.5 Å². The van der Waals surface area contributed by atoms with Crippen LogP contribution in [0.3, 0.4) is 0 Å². The molecule has 0 bridgehead atoms. The van der Waals surface area contributed by atoms with Gasteiger partial charge in [-0.3, -0.25) is 0 Å². The largest absolute Gasteiger partial charge is 0.0620 e. The van der Waals surface area contributed by atoms with E-state index in [4.69, 9.17) is 0 Å². The van der Waals surface area contributed by atoms with Gasteiger partial charge in [0.25, 0.3) is 0 Å². The van der Waals surface area contributed by atoms with Crippen LogP contribution in [-0.4, -0.2) is 0 Å². The summed E-state index contributed by atoms with van der Waals surface area (Å²) in [5, 5.41) is 0. The molecule has 0 spiro atoms. The van der Waals surface area contributed by atoms with E-state index in [-0.39, 0.29) is 0 Å². The average molecular weight is 305 g/mol. The zero-order valence-electron chi connectivity index (χ0n) is 15.4. The van der Waals surface area contributed by atoms with Gasteiger partial charge in [-0.1, -0.05) is 78.1 Å². The summed E-state index contributed by atoms with van der Waals surface area (Å²) in [7, 11) is 0. The summed E-state index contributed by atoms with van der Waals surface area (Å²) in [4.78, 5) is 0. The molecule has 0 nitrogen and oxygen atoms in total. The second-order valence-corrected chi connectivity index (χ2v) is 9.19. The van der Waals surface area contributed by atoms with Crippen molar-refractivity contribution in [2.75, 3.05) is 0 Å². The van der Waals surface area contributed by atoms with Crippen LogP contribution in [-0.2, 0) is 0 Å². The molecule has 0 radical (unpaired) electrons. The molecule has 0 amide bonds. The smallest absolute Gasteiger partial charge is 0.0386 e. The monoisotopic (exact) mass is 304 g/mol. The van der Waals surface area contributed by atoms with Gasteiger partial charge in [-0.2, -0.15) is 0 Å². The lowest BCUT2D eigenvalue weighted by Gasteiger charge is -2.41. The van der Waals surface area contributed by atoms with Gasteiger partial charge in [0.1, 0.15) is 0 Å². The van der Waals surface area contributed by atoms with Crippen molar-refractivity contribution in [3.05, 3.63) is 0 Å². The van der Waals surface area contributed by atoms with Crippen molar-refractivity contribution in [1.82, 2.24) is 0 Å². The normalized spacial score (nSPS) is 35.2. The Kier molecular flexibility index (Phi) is 6.28. The van der Waals surface area contributed by atoms with Crippen molar-refractivity contribution in [2.45, 2.75) is 104 Å². The molecule has 2 atom stereocenters. The molecule has 0 heteroatoms. The molecule has 3 aliphatic rings. The zero-order chi connectivity index (χ0) is 15.4. The molecule has 3 rings (SSSR count). The lowest BCUT2D eigenvalue weighted by molar-refractivity contribution is 0.0978. The van der Waals surface area contributed by atoms with Crippen LogP contribution >= 0.6 is 0 Å². The molecular formula is C22H40. The molecule has 0 aromatic heterocycles. The predicted molar refractivity (Wildman–Crippen MR) is 96.9 cm³/mol. The first kappa shape index (κ1) is 16.8. The molecule has 0 aliphatic heterocycles. The van der Waals surface area contributed by atoms with Gasteiger partial charge in [-0.15, -0.1) is 0 Å². The second kappa shape index (κ2) is 8.20. The predicted octanol–water partition coefficient (Wildman–Crippen LogP) is 7.23. The van der Waals surface area contributed by atoms with E-state index in [1.54, 1.807) is 51.4 Å². The lowest BCUT2D eigenvalue weighted by Crippen LogP contribution is -2.31. The minimum Gasteiger partial charge on any atom is -0.0620 e. The van der Waals surface area contributed by atoms with Crippen molar-refractivity contribution in [2.24, 2.45) is 35.5 Å². The fourth-order valence-corrected chi connectivity index (χ4v) is 6.29. The Bertz CT molecular complexity index is 268. The molecule has 128 valence electrons. The third kappa shape index (κ3) is 4.09. The van der Waals surface area contributed by atoms with E-state index in [1.807, 2.05) is 0 Å². The van der Waals surface area contributed by atoms with Crippen LogP contribution in [0.15, 0.2) is 0 Å². The van der Waals surface area contributed by atoms with Crippen LogP contribution in [0.2, 0.25) is 0 Å². The van der Waals surface area contributed by atoms with Gasteiger partial charge < -0.3 is 0 Å². The summed E-state index contributed by atoms with van der Waals surface area (Å²) in [6.45, 7) is 5.21. The minimum atomic E-state index is 1.02. The maximum atomic E-state index is 2.60. The van der Waals surface area contributed by atoms with Crippen molar-refractivity contribution in [3.63, 3.8) is 0 Å². The Balaban J connectivity index is 1.45. The molecule has 0 heterocycles. The first-order valence-electron chi connectivity index (χ1n) is 10.8. The number of hydrogen-bond donors (Lipinski definition) is 0. The van der Waals surface area contributed by atoms with Crippen LogP contribution < -0.4 is 0 Å². The average Bonchev–Trinajstić information content (AvgIpc) is 2.62. The van der Waals surface area contributed by atoms with Gasteiger partial charge in [0.2, 0.25) is 0 Å². The fourth-order valence-electron chi connectivity index (χ4n) is 6.29. The molecule has 0 aromatic carbocycles.